The summed E-state index contributed by atoms with van der Waals surface area (Å²) in [4.78, 5) is 25.0. The van der Waals surface area contributed by atoms with Gasteiger partial charge in [0.2, 0.25) is 0 Å². The summed E-state index contributed by atoms with van der Waals surface area (Å²) in [5.74, 6) is 0. The van der Waals surface area contributed by atoms with Crippen molar-refractivity contribution in [2.45, 2.75) is 18.9 Å². The maximum atomic E-state index is 12.3. The monoisotopic (exact) mass is 388 g/mol. The van der Waals surface area contributed by atoms with E-state index in [-0.39, 0.29) is 11.7 Å². The molecule has 142 valence electrons. The third-order valence-electron chi connectivity index (χ3n) is 4.62. The smallest absolute Gasteiger partial charge is 0.319 e. The van der Waals surface area contributed by atoms with Crippen LogP contribution in [0.3, 0.4) is 0 Å². The Morgan fingerprint density at radius 3 is 2.63 bits per heavy atom. The number of nitrogens with zero attached hydrogens (tertiary/aromatic N) is 2. The van der Waals surface area contributed by atoms with Crippen molar-refractivity contribution in [2.75, 3.05) is 25.0 Å². The molecule has 2 amide bonds. The first-order chi connectivity index (χ1) is 13.0. The average molecular weight is 389 g/mol. The number of non-ortho nitro benzene ring substituents is 1. The minimum atomic E-state index is -0.496. The van der Waals surface area contributed by atoms with Crippen molar-refractivity contribution in [2.24, 2.45) is 0 Å². The molecule has 0 spiro atoms. The summed E-state index contributed by atoms with van der Waals surface area (Å²) in [6, 6.07) is 13.1. The van der Waals surface area contributed by atoms with Crippen LogP contribution < -0.4 is 10.6 Å². The summed E-state index contributed by atoms with van der Waals surface area (Å²) >= 11 is 6.37. The summed E-state index contributed by atoms with van der Waals surface area (Å²) < 4.78 is 0. The molecule has 0 bridgehead atoms. The molecule has 1 aliphatic heterocycles. The summed E-state index contributed by atoms with van der Waals surface area (Å²) in [6.07, 6.45) is 2.25. The predicted octanol–water partition coefficient (Wildman–Crippen LogP) is 4.21. The van der Waals surface area contributed by atoms with Crippen molar-refractivity contribution in [3.05, 3.63) is 69.2 Å². The summed E-state index contributed by atoms with van der Waals surface area (Å²) in [5, 5.41) is 17.0. The Bertz CT molecular complexity index is 824. The first kappa shape index (κ1) is 19.1. The molecule has 1 atom stereocenters. The van der Waals surface area contributed by atoms with E-state index in [2.05, 4.69) is 15.5 Å². The van der Waals surface area contributed by atoms with Gasteiger partial charge in [-0.1, -0.05) is 35.9 Å². The summed E-state index contributed by atoms with van der Waals surface area (Å²) in [5.41, 5.74) is 1.28. The largest absolute Gasteiger partial charge is 0.336 e. The second-order valence-electron chi connectivity index (χ2n) is 6.42. The van der Waals surface area contributed by atoms with Crippen molar-refractivity contribution in [1.82, 2.24) is 10.2 Å². The van der Waals surface area contributed by atoms with Crippen molar-refractivity contribution in [3.63, 3.8) is 0 Å². The van der Waals surface area contributed by atoms with Gasteiger partial charge in [0, 0.05) is 29.4 Å². The van der Waals surface area contributed by atoms with Gasteiger partial charge in [0.05, 0.1) is 11.0 Å². The zero-order chi connectivity index (χ0) is 19.2. The van der Waals surface area contributed by atoms with Crippen LogP contribution in [0.4, 0.5) is 16.2 Å². The lowest BCUT2D eigenvalue weighted by atomic mass is 10.1. The number of halogens is 1. The van der Waals surface area contributed by atoms with E-state index in [1.54, 1.807) is 6.07 Å². The number of nitrogens with one attached hydrogen (secondary N) is 2. The number of amides is 2. The van der Waals surface area contributed by atoms with Crippen molar-refractivity contribution in [1.29, 1.82) is 0 Å². The third-order valence-corrected chi connectivity index (χ3v) is 4.96. The average Bonchev–Trinajstić information content (AvgIpc) is 3.18. The first-order valence-corrected chi connectivity index (χ1v) is 9.20. The second-order valence-corrected chi connectivity index (χ2v) is 6.83. The van der Waals surface area contributed by atoms with Gasteiger partial charge in [-0.05, 0) is 43.6 Å². The summed E-state index contributed by atoms with van der Waals surface area (Å²) in [7, 11) is 0. The highest BCUT2D eigenvalue weighted by Gasteiger charge is 2.25. The van der Waals surface area contributed by atoms with Crippen molar-refractivity contribution < 1.29 is 9.72 Å². The number of urea groups is 1. The van der Waals surface area contributed by atoms with E-state index in [9.17, 15) is 14.9 Å². The lowest BCUT2D eigenvalue weighted by Gasteiger charge is -2.29. The van der Waals surface area contributed by atoms with Crippen molar-refractivity contribution >= 4 is 29.0 Å². The Hall–Kier alpha value is -2.64. The minimum absolute atomic E-state index is 0.0166. The van der Waals surface area contributed by atoms with Crippen LogP contribution in [-0.2, 0) is 0 Å². The van der Waals surface area contributed by atoms with Gasteiger partial charge < -0.3 is 10.6 Å². The Morgan fingerprint density at radius 1 is 1.19 bits per heavy atom. The molecule has 1 heterocycles. The third kappa shape index (κ3) is 4.96. The molecule has 8 heteroatoms. The van der Waals surface area contributed by atoms with Crippen LogP contribution in [0.5, 0.6) is 0 Å². The van der Waals surface area contributed by atoms with Crippen LogP contribution in [0.1, 0.15) is 24.4 Å². The lowest BCUT2D eigenvalue weighted by molar-refractivity contribution is -0.384. The highest BCUT2D eigenvalue weighted by molar-refractivity contribution is 6.31. The first-order valence-electron chi connectivity index (χ1n) is 8.82. The maximum absolute atomic E-state index is 12.3. The number of likely N-dealkylation sites (tertiary alicyclic amines) is 1. The number of rotatable bonds is 6. The Kier molecular flexibility index (Phi) is 6.26. The van der Waals surface area contributed by atoms with E-state index < -0.39 is 11.0 Å². The number of carbonyl (C=O) groups is 1. The number of nitro benzene ring substituents is 1. The van der Waals surface area contributed by atoms with Gasteiger partial charge in [0.1, 0.15) is 0 Å². The van der Waals surface area contributed by atoms with E-state index in [4.69, 9.17) is 11.6 Å². The number of anilines is 1. The van der Waals surface area contributed by atoms with Gasteiger partial charge in [-0.15, -0.1) is 0 Å². The maximum Gasteiger partial charge on any atom is 0.319 e. The number of hydrogen-bond acceptors (Lipinski definition) is 4. The fraction of sp³-hybridized carbons (Fsp3) is 0.316. The predicted molar refractivity (Wildman–Crippen MR) is 105 cm³/mol. The molecule has 7 nitrogen and oxygen atoms in total. The Labute approximate surface area is 162 Å². The van der Waals surface area contributed by atoms with E-state index in [0.717, 1.165) is 31.5 Å². The molecule has 3 rings (SSSR count). The topological polar surface area (TPSA) is 87.5 Å². The van der Waals surface area contributed by atoms with Crippen LogP contribution in [0.2, 0.25) is 5.02 Å². The standard InChI is InChI=1S/C19H21ClN4O3/c20-17-9-2-1-8-16(17)18(23-10-3-4-11-23)13-21-19(25)22-14-6-5-7-15(12-14)24(26)27/h1-2,5-9,12,18H,3-4,10-11,13H2,(H2,21,22,25)/t18-/m1/s1. The molecule has 2 N–H and O–H groups in total. The normalized spacial score (nSPS) is 15.3. The minimum Gasteiger partial charge on any atom is -0.336 e. The molecule has 0 aromatic heterocycles. The molecule has 1 saturated heterocycles. The van der Waals surface area contributed by atoms with Crippen LogP contribution in [-0.4, -0.2) is 35.5 Å². The molecule has 2 aromatic rings. The zero-order valence-electron chi connectivity index (χ0n) is 14.7. The molecule has 0 radical (unpaired) electrons. The molecule has 0 unspecified atom stereocenters. The molecule has 1 fully saturated rings. The van der Waals surface area contributed by atoms with E-state index in [1.807, 2.05) is 24.3 Å². The van der Waals surface area contributed by atoms with Gasteiger partial charge in [-0.25, -0.2) is 4.79 Å². The molecule has 2 aromatic carbocycles. The van der Waals surface area contributed by atoms with Gasteiger partial charge in [0.25, 0.3) is 5.69 Å². The SMILES string of the molecule is O=C(NC[C@H](c1ccccc1Cl)N1CCCC1)Nc1cccc([N+](=O)[O-])c1. The number of carbonyl (C=O) groups excluding carboxylic acids is 1. The van der Waals surface area contributed by atoms with Crippen molar-refractivity contribution in [3.8, 4) is 0 Å². The molecule has 0 aliphatic carbocycles. The van der Waals surface area contributed by atoms with Gasteiger partial charge in [-0.3, -0.25) is 15.0 Å². The van der Waals surface area contributed by atoms with Gasteiger partial charge in [-0.2, -0.15) is 0 Å². The van der Waals surface area contributed by atoms with Crippen LogP contribution >= 0.6 is 11.6 Å². The van der Waals surface area contributed by atoms with E-state index in [0.29, 0.717) is 17.3 Å². The second kappa shape index (κ2) is 8.83. The van der Waals surface area contributed by atoms with E-state index in [1.165, 1.54) is 18.2 Å². The molecular weight excluding hydrogens is 368 g/mol. The number of benzene rings is 2. The zero-order valence-corrected chi connectivity index (χ0v) is 15.5. The Balaban J connectivity index is 1.66. The number of nitro groups is 1. The number of hydrogen-bond donors (Lipinski definition) is 2. The summed E-state index contributed by atoms with van der Waals surface area (Å²) in [6.45, 7) is 2.32. The quantitative estimate of drug-likeness (QED) is 0.573. The van der Waals surface area contributed by atoms with E-state index >= 15 is 0 Å². The lowest BCUT2D eigenvalue weighted by Crippen LogP contribution is -2.38. The molecule has 0 saturated carbocycles. The fourth-order valence-electron chi connectivity index (χ4n) is 3.30. The molecule has 1 aliphatic rings. The molecule has 27 heavy (non-hydrogen) atoms. The van der Waals surface area contributed by atoms with Gasteiger partial charge in [0.15, 0.2) is 0 Å². The Morgan fingerprint density at radius 2 is 1.93 bits per heavy atom. The van der Waals surface area contributed by atoms with Crippen LogP contribution in [0, 0.1) is 10.1 Å². The fourth-order valence-corrected chi connectivity index (χ4v) is 3.56. The highest BCUT2D eigenvalue weighted by atomic mass is 35.5. The van der Waals surface area contributed by atoms with Crippen LogP contribution in [0.15, 0.2) is 48.5 Å². The van der Waals surface area contributed by atoms with Crippen LogP contribution in [0.25, 0.3) is 0 Å². The van der Waals surface area contributed by atoms with Gasteiger partial charge >= 0.3 is 6.03 Å². The highest BCUT2D eigenvalue weighted by Crippen LogP contribution is 2.29. The molecular formula is C19H21ClN4O3.